The number of ether oxygens (including phenoxy) is 2. The molecule has 0 aliphatic heterocycles. The average Bonchev–Trinajstić information content (AvgIpc) is 3.52. The van der Waals surface area contributed by atoms with Crippen LogP contribution in [0.15, 0.2) is 12.1 Å². The second-order valence-corrected chi connectivity index (χ2v) is 9.75. The summed E-state index contributed by atoms with van der Waals surface area (Å²) in [7, 11) is 3.44. The van der Waals surface area contributed by atoms with Crippen LogP contribution >= 0.6 is 0 Å². The van der Waals surface area contributed by atoms with Gasteiger partial charge in [0.15, 0.2) is 11.4 Å². The fourth-order valence-corrected chi connectivity index (χ4v) is 5.22. The Labute approximate surface area is 213 Å². The van der Waals surface area contributed by atoms with Crippen molar-refractivity contribution in [3.05, 3.63) is 23.5 Å². The first-order valence-corrected chi connectivity index (χ1v) is 12.7. The Bertz CT molecular complexity index is 1100. The third kappa shape index (κ3) is 6.40. The van der Waals surface area contributed by atoms with Crippen LogP contribution in [0.4, 0.5) is 13.2 Å². The Morgan fingerprint density at radius 1 is 1.16 bits per heavy atom. The molecule has 0 saturated heterocycles. The Kier molecular flexibility index (Phi) is 8.33. The van der Waals surface area contributed by atoms with Gasteiger partial charge in [0, 0.05) is 39.4 Å². The van der Waals surface area contributed by atoms with E-state index < -0.39 is 18.0 Å². The number of amides is 1. The van der Waals surface area contributed by atoms with Gasteiger partial charge in [-0.25, -0.2) is 4.98 Å². The summed E-state index contributed by atoms with van der Waals surface area (Å²) in [4.78, 5) is 29.0. The van der Waals surface area contributed by atoms with Gasteiger partial charge in [0.05, 0.1) is 11.4 Å². The van der Waals surface area contributed by atoms with Crippen molar-refractivity contribution in [2.45, 2.75) is 88.6 Å². The number of carbonyl (C=O) groups excluding carboxylic acids is 2. The quantitative estimate of drug-likeness (QED) is 0.457. The molecule has 0 spiro atoms. The van der Waals surface area contributed by atoms with Crippen molar-refractivity contribution in [3.8, 4) is 17.1 Å². The predicted molar refractivity (Wildman–Crippen MR) is 126 cm³/mol. The van der Waals surface area contributed by atoms with Gasteiger partial charge in [-0.1, -0.05) is 18.1 Å². The number of hydrogen-bond donors (Lipinski definition) is 0. The number of nitrogens with zero attached hydrogens (tertiary/aromatic N) is 5. The lowest BCUT2D eigenvalue weighted by Gasteiger charge is -2.29. The Morgan fingerprint density at radius 3 is 2.59 bits per heavy atom. The molecule has 2 aliphatic rings. The van der Waals surface area contributed by atoms with Crippen molar-refractivity contribution in [1.82, 2.24) is 24.9 Å². The van der Waals surface area contributed by atoms with Gasteiger partial charge >= 0.3 is 6.18 Å². The minimum absolute atomic E-state index is 0.00480. The van der Waals surface area contributed by atoms with E-state index in [-0.39, 0.29) is 48.0 Å². The van der Waals surface area contributed by atoms with Crippen molar-refractivity contribution in [1.29, 1.82) is 0 Å². The van der Waals surface area contributed by atoms with E-state index in [0.717, 1.165) is 25.7 Å². The molecule has 2 aliphatic carbocycles. The summed E-state index contributed by atoms with van der Waals surface area (Å²) in [5, 5.41) is 8.03. The first-order chi connectivity index (χ1) is 17.7. The van der Waals surface area contributed by atoms with Crippen molar-refractivity contribution in [2.24, 2.45) is 7.05 Å². The fraction of sp³-hybridized carbons (Fsp3) is 0.640. The SMILES string of the molecule is CN(C(=O)CCc1c(-c2ccc(O[C@H]3CCC[C@H](OC=O)C3)c(C(F)(F)F)n2)nnn1C)C1CCCC1. The second-order valence-electron chi connectivity index (χ2n) is 9.75. The lowest BCUT2D eigenvalue weighted by atomic mass is 9.95. The summed E-state index contributed by atoms with van der Waals surface area (Å²) in [5.74, 6) is -0.400. The van der Waals surface area contributed by atoms with E-state index >= 15 is 0 Å². The van der Waals surface area contributed by atoms with E-state index in [1.807, 2.05) is 0 Å². The molecule has 0 aromatic carbocycles. The molecule has 0 unspecified atom stereocenters. The molecule has 37 heavy (non-hydrogen) atoms. The third-order valence-electron chi connectivity index (χ3n) is 7.27. The van der Waals surface area contributed by atoms with Gasteiger partial charge < -0.3 is 14.4 Å². The van der Waals surface area contributed by atoms with E-state index in [9.17, 15) is 22.8 Å². The molecule has 2 aromatic heterocycles. The highest BCUT2D eigenvalue weighted by Crippen LogP contribution is 2.38. The zero-order chi connectivity index (χ0) is 26.6. The molecule has 0 N–H and O–H groups in total. The van der Waals surface area contributed by atoms with Gasteiger partial charge in [-0.2, -0.15) is 13.2 Å². The molecule has 0 radical (unpaired) electrons. The predicted octanol–water partition coefficient (Wildman–Crippen LogP) is 4.09. The molecule has 2 aromatic rings. The average molecular weight is 524 g/mol. The standard InChI is InChI=1S/C25H32F3N5O4/c1-32(16-6-3-4-7-16)22(35)13-11-20-23(30-31-33(20)2)19-10-12-21(24(29-19)25(26,27)28)37-18-9-5-8-17(14-18)36-15-34/h10,12,15-18H,3-9,11,13-14H2,1-2H3/t17-,18-/m0/s1. The smallest absolute Gasteiger partial charge is 0.437 e. The molecular formula is C25H32F3N5O4. The number of halogens is 3. The van der Waals surface area contributed by atoms with Crippen LogP contribution in [0.1, 0.15) is 69.2 Å². The molecule has 2 fully saturated rings. The summed E-state index contributed by atoms with van der Waals surface area (Å²) < 4.78 is 54.1. The highest BCUT2D eigenvalue weighted by molar-refractivity contribution is 5.76. The Morgan fingerprint density at radius 2 is 1.89 bits per heavy atom. The summed E-state index contributed by atoms with van der Waals surface area (Å²) in [5.41, 5.74) is -0.418. The van der Waals surface area contributed by atoms with Crippen LogP contribution in [0.2, 0.25) is 0 Å². The first kappa shape index (κ1) is 26.9. The number of aromatic nitrogens is 4. The number of aryl methyl sites for hydroxylation is 1. The zero-order valence-electron chi connectivity index (χ0n) is 21.0. The van der Waals surface area contributed by atoms with E-state index in [1.165, 1.54) is 16.8 Å². The third-order valence-corrected chi connectivity index (χ3v) is 7.27. The first-order valence-electron chi connectivity index (χ1n) is 12.7. The fourth-order valence-electron chi connectivity index (χ4n) is 5.22. The van der Waals surface area contributed by atoms with Crippen LogP contribution in [-0.2, 0) is 34.0 Å². The van der Waals surface area contributed by atoms with E-state index in [1.54, 1.807) is 19.0 Å². The van der Waals surface area contributed by atoms with Gasteiger partial charge in [-0.3, -0.25) is 14.3 Å². The monoisotopic (exact) mass is 523 g/mol. The molecule has 4 rings (SSSR count). The van der Waals surface area contributed by atoms with Crippen LogP contribution in [0.5, 0.6) is 5.75 Å². The summed E-state index contributed by atoms with van der Waals surface area (Å²) in [6.45, 7) is 0.351. The van der Waals surface area contributed by atoms with Crippen molar-refractivity contribution < 1.29 is 32.2 Å². The molecule has 1 amide bonds. The lowest BCUT2D eigenvalue weighted by molar-refractivity contribution is -0.143. The maximum absolute atomic E-state index is 14.0. The lowest BCUT2D eigenvalue weighted by Crippen LogP contribution is -2.35. The maximum atomic E-state index is 14.0. The van der Waals surface area contributed by atoms with E-state index in [4.69, 9.17) is 9.47 Å². The van der Waals surface area contributed by atoms with Gasteiger partial charge in [0.2, 0.25) is 5.91 Å². The van der Waals surface area contributed by atoms with Crippen LogP contribution in [-0.4, -0.2) is 62.6 Å². The zero-order valence-corrected chi connectivity index (χ0v) is 21.0. The van der Waals surface area contributed by atoms with Gasteiger partial charge in [0.1, 0.15) is 17.9 Å². The van der Waals surface area contributed by atoms with Crippen LogP contribution < -0.4 is 4.74 Å². The number of alkyl halides is 3. The molecule has 2 heterocycles. The minimum Gasteiger partial charge on any atom is -0.488 e. The molecule has 202 valence electrons. The largest absolute Gasteiger partial charge is 0.488 e. The highest BCUT2D eigenvalue weighted by Gasteiger charge is 2.38. The van der Waals surface area contributed by atoms with E-state index in [2.05, 4.69) is 15.3 Å². The highest BCUT2D eigenvalue weighted by atomic mass is 19.4. The molecule has 2 atom stereocenters. The summed E-state index contributed by atoms with van der Waals surface area (Å²) in [6.07, 6.45) is 1.19. The number of rotatable bonds is 9. The number of carbonyl (C=O) groups is 2. The second kappa shape index (κ2) is 11.5. The minimum atomic E-state index is -4.76. The number of pyridine rings is 1. The van der Waals surface area contributed by atoms with Crippen LogP contribution in [0.25, 0.3) is 11.4 Å². The van der Waals surface area contributed by atoms with Gasteiger partial charge in [0.25, 0.3) is 6.47 Å². The Hall–Kier alpha value is -3.18. The normalized spacial score (nSPS) is 20.6. The van der Waals surface area contributed by atoms with Gasteiger partial charge in [-0.15, -0.1) is 5.10 Å². The van der Waals surface area contributed by atoms with Crippen molar-refractivity contribution >= 4 is 12.4 Å². The van der Waals surface area contributed by atoms with Crippen molar-refractivity contribution in [2.75, 3.05) is 7.05 Å². The van der Waals surface area contributed by atoms with Gasteiger partial charge in [-0.05, 0) is 44.2 Å². The Balaban J connectivity index is 1.52. The molecule has 0 bridgehead atoms. The topological polar surface area (TPSA) is 99.4 Å². The maximum Gasteiger partial charge on any atom is 0.437 e. The number of hydrogen-bond acceptors (Lipinski definition) is 7. The molecule has 12 heteroatoms. The van der Waals surface area contributed by atoms with Crippen molar-refractivity contribution in [3.63, 3.8) is 0 Å². The van der Waals surface area contributed by atoms with Crippen LogP contribution in [0.3, 0.4) is 0 Å². The summed E-state index contributed by atoms with van der Waals surface area (Å²) in [6, 6.07) is 2.91. The van der Waals surface area contributed by atoms with E-state index in [0.29, 0.717) is 37.8 Å². The molecule has 9 nitrogen and oxygen atoms in total. The molecular weight excluding hydrogens is 491 g/mol. The van der Waals surface area contributed by atoms with Crippen LogP contribution in [0, 0.1) is 0 Å². The summed E-state index contributed by atoms with van der Waals surface area (Å²) >= 11 is 0. The molecule has 2 saturated carbocycles.